The number of rotatable bonds is 5. The van der Waals surface area contributed by atoms with Crippen LogP contribution in [0.4, 0.5) is 0 Å². The summed E-state index contributed by atoms with van der Waals surface area (Å²) in [6.07, 6.45) is 6.33. The van der Waals surface area contributed by atoms with Crippen molar-refractivity contribution in [3.05, 3.63) is 175 Å². The van der Waals surface area contributed by atoms with E-state index in [9.17, 15) is 0 Å². The maximum absolute atomic E-state index is 6.45. The van der Waals surface area contributed by atoms with Gasteiger partial charge in [-0.3, -0.25) is 0 Å². The summed E-state index contributed by atoms with van der Waals surface area (Å²) in [5, 5.41) is 2.13. The second kappa shape index (κ2) is 12.7. The lowest BCUT2D eigenvalue weighted by Gasteiger charge is -2.36. The number of fused-ring (bicyclic) bond motifs is 8. The molecular weight excluding hydrogens is 671 g/mol. The quantitative estimate of drug-likeness (QED) is 0.179. The minimum absolute atomic E-state index is 0.119. The molecule has 7 aromatic carbocycles. The normalized spacial score (nSPS) is 14.3. The van der Waals surface area contributed by atoms with Crippen LogP contribution in [0.1, 0.15) is 43.2 Å². The van der Waals surface area contributed by atoms with Crippen molar-refractivity contribution in [3.8, 4) is 67.5 Å². The van der Waals surface area contributed by atoms with Gasteiger partial charge in [-0.25, -0.2) is 15.0 Å². The van der Waals surface area contributed by atoms with Crippen molar-refractivity contribution in [2.45, 2.75) is 37.5 Å². The van der Waals surface area contributed by atoms with Crippen LogP contribution in [0.15, 0.2) is 168 Å². The van der Waals surface area contributed by atoms with Crippen molar-refractivity contribution in [2.24, 2.45) is 0 Å². The fourth-order valence-electron chi connectivity index (χ4n) is 9.32. The summed E-state index contributed by atoms with van der Waals surface area (Å²) in [4.78, 5) is 15.1. The molecule has 0 N–H and O–H groups in total. The molecule has 2 aliphatic rings. The summed E-state index contributed by atoms with van der Waals surface area (Å²) < 4.78 is 6.45. The standard InChI is InChI=1S/C51H37N3O/c1-4-13-33(14-5-1)34-21-23-36(24-22-34)49-52-48(35-15-6-2-7-16-35)53-50(54-49)38-26-28-46-42(32-38)41-31-37(25-27-45(41)55-46)39-18-12-20-44-47(39)40-17-8-9-19-43(40)51(44)29-10-3-11-30-51/h1-2,4-9,12-28,31-32H,3,10-11,29-30H2. The number of hydrogen-bond donors (Lipinski definition) is 0. The highest BCUT2D eigenvalue weighted by atomic mass is 16.3. The lowest BCUT2D eigenvalue weighted by Crippen LogP contribution is -2.27. The Morgan fingerprint density at radius 2 is 0.873 bits per heavy atom. The van der Waals surface area contributed by atoms with E-state index in [1.165, 1.54) is 71.0 Å². The van der Waals surface area contributed by atoms with E-state index in [0.29, 0.717) is 17.5 Å². The van der Waals surface area contributed by atoms with Gasteiger partial charge in [-0.1, -0.05) is 153 Å². The molecule has 55 heavy (non-hydrogen) atoms. The maximum atomic E-state index is 6.45. The first-order chi connectivity index (χ1) is 27.2. The van der Waals surface area contributed by atoms with E-state index in [1.54, 1.807) is 0 Å². The molecule has 0 atom stereocenters. The molecule has 2 aliphatic carbocycles. The second-order valence-corrected chi connectivity index (χ2v) is 15.1. The van der Waals surface area contributed by atoms with Crippen molar-refractivity contribution in [2.75, 3.05) is 0 Å². The third-order valence-electron chi connectivity index (χ3n) is 12.0. The molecule has 0 aliphatic heterocycles. The lowest BCUT2D eigenvalue weighted by molar-refractivity contribution is 0.353. The van der Waals surface area contributed by atoms with E-state index in [1.807, 2.05) is 42.5 Å². The molecule has 9 aromatic rings. The summed E-state index contributed by atoms with van der Waals surface area (Å²) in [5.41, 5.74) is 15.2. The summed E-state index contributed by atoms with van der Waals surface area (Å²) in [5.74, 6) is 1.90. The smallest absolute Gasteiger partial charge is 0.164 e. The van der Waals surface area contributed by atoms with Gasteiger partial charge in [-0.2, -0.15) is 0 Å². The van der Waals surface area contributed by atoms with Gasteiger partial charge < -0.3 is 4.42 Å². The van der Waals surface area contributed by atoms with E-state index in [-0.39, 0.29) is 5.41 Å². The summed E-state index contributed by atoms with van der Waals surface area (Å²) in [6, 6.07) is 58.1. The van der Waals surface area contributed by atoms with Crippen LogP contribution < -0.4 is 0 Å². The largest absolute Gasteiger partial charge is 0.456 e. The van der Waals surface area contributed by atoms with Crippen molar-refractivity contribution < 1.29 is 4.42 Å². The highest BCUT2D eigenvalue weighted by Crippen LogP contribution is 2.58. The van der Waals surface area contributed by atoms with Crippen LogP contribution in [0.3, 0.4) is 0 Å². The van der Waals surface area contributed by atoms with Crippen molar-refractivity contribution >= 4 is 21.9 Å². The van der Waals surface area contributed by atoms with Crippen LogP contribution in [0, 0.1) is 0 Å². The molecule has 2 heterocycles. The summed E-state index contributed by atoms with van der Waals surface area (Å²) in [6.45, 7) is 0. The van der Waals surface area contributed by atoms with Crippen molar-refractivity contribution in [3.63, 3.8) is 0 Å². The molecule has 0 saturated heterocycles. The van der Waals surface area contributed by atoms with E-state index in [2.05, 4.69) is 121 Å². The Morgan fingerprint density at radius 3 is 1.58 bits per heavy atom. The number of nitrogens with zero attached hydrogens (tertiary/aromatic N) is 3. The molecule has 0 radical (unpaired) electrons. The van der Waals surface area contributed by atoms with E-state index in [4.69, 9.17) is 19.4 Å². The third-order valence-corrected chi connectivity index (χ3v) is 12.0. The first-order valence-electron chi connectivity index (χ1n) is 19.4. The van der Waals surface area contributed by atoms with Crippen molar-refractivity contribution in [1.82, 2.24) is 15.0 Å². The van der Waals surface area contributed by atoms with Crippen LogP contribution in [0.25, 0.3) is 89.5 Å². The fraction of sp³-hybridized carbons (Fsp3) is 0.118. The molecule has 1 fully saturated rings. The van der Waals surface area contributed by atoms with Gasteiger partial charge in [-0.05, 0) is 87.7 Å². The molecular formula is C51H37N3O. The molecule has 262 valence electrons. The van der Waals surface area contributed by atoms with Crippen LogP contribution in [0.5, 0.6) is 0 Å². The van der Waals surface area contributed by atoms with Gasteiger partial charge in [0.25, 0.3) is 0 Å². The Kier molecular flexibility index (Phi) is 7.38. The zero-order chi connectivity index (χ0) is 36.3. The Hall–Kier alpha value is -6.65. The molecule has 2 aromatic heterocycles. The van der Waals surface area contributed by atoms with Crippen LogP contribution in [0.2, 0.25) is 0 Å². The molecule has 1 saturated carbocycles. The Bertz CT molecular complexity index is 2890. The predicted octanol–water partition coefficient (Wildman–Crippen LogP) is 13.3. The summed E-state index contributed by atoms with van der Waals surface area (Å²) in [7, 11) is 0. The van der Waals surface area contributed by atoms with Crippen molar-refractivity contribution in [1.29, 1.82) is 0 Å². The first-order valence-corrected chi connectivity index (χ1v) is 19.4. The highest BCUT2D eigenvalue weighted by molar-refractivity contribution is 6.08. The van der Waals surface area contributed by atoms with Gasteiger partial charge in [0.2, 0.25) is 0 Å². The number of aromatic nitrogens is 3. The first kappa shape index (κ1) is 31.8. The van der Waals surface area contributed by atoms with Crippen LogP contribution >= 0.6 is 0 Å². The molecule has 0 unspecified atom stereocenters. The SMILES string of the molecule is c1ccc(-c2ccc(-c3nc(-c4ccccc4)nc(-c4ccc5oc6ccc(-c7cccc8c7-c7ccccc7C87CCCCC7)cc6c5c4)n3)cc2)cc1. The van der Waals surface area contributed by atoms with E-state index >= 15 is 0 Å². The highest BCUT2D eigenvalue weighted by Gasteiger charge is 2.44. The maximum Gasteiger partial charge on any atom is 0.164 e. The third kappa shape index (κ3) is 5.24. The Labute approximate surface area is 320 Å². The minimum atomic E-state index is 0.119. The van der Waals surface area contributed by atoms with Gasteiger partial charge in [0, 0.05) is 32.9 Å². The number of hydrogen-bond acceptors (Lipinski definition) is 4. The van der Waals surface area contributed by atoms with E-state index in [0.717, 1.165) is 44.2 Å². The summed E-state index contributed by atoms with van der Waals surface area (Å²) >= 11 is 0. The average Bonchev–Trinajstić information content (AvgIpc) is 3.76. The lowest BCUT2D eigenvalue weighted by atomic mass is 9.68. The molecule has 11 rings (SSSR count). The van der Waals surface area contributed by atoms with Gasteiger partial charge >= 0.3 is 0 Å². The fourth-order valence-corrected chi connectivity index (χ4v) is 9.32. The van der Waals surface area contributed by atoms with Gasteiger partial charge in [0.1, 0.15) is 11.2 Å². The number of furan rings is 1. The van der Waals surface area contributed by atoms with Gasteiger partial charge in [0.15, 0.2) is 17.5 Å². The van der Waals surface area contributed by atoms with Crippen LogP contribution in [-0.4, -0.2) is 15.0 Å². The molecule has 0 amide bonds. The predicted molar refractivity (Wildman–Crippen MR) is 224 cm³/mol. The minimum Gasteiger partial charge on any atom is -0.456 e. The zero-order valence-corrected chi connectivity index (χ0v) is 30.4. The molecule has 4 nitrogen and oxygen atoms in total. The monoisotopic (exact) mass is 707 g/mol. The number of benzene rings is 7. The van der Waals surface area contributed by atoms with Gasteiger partial charge in [-0.15, -0.1) is 0 Å². The second-order valence-electron chi connectivity index (χ2n) is 15.1. The van der Waals surface area contributed by atoms with E-state index < -0.39 is 0 Å². The molecule has 4 heteroatoms. The Balaban J connectivity index is 1.03. The average molecular weight is 708 g/mol. The van der Waals surface area contributed by atoms with Gasteiger partial charge in [0.05, 0.1) is 0 Å². The Morgan fingerprint density at radius 1 is 0.382 bits per heavy atom. The topological polar surface area (TPSA) is 51.8 Å². The molecule has 1 spiro atoms. The zero-order valence-electron chi connectivity index (χ0n) is 30.4. The molecule has 0 bridgehead atoms. The van der Waals surface area contributed by atoms with Crippen LogP contribution in [-0.2, 0) is 5.41 Å².